The summed E-state index contributed by atoms with van der Waals surface area (Å²) >= 11 is 0. The Balaban J connectivity index is 1.89. The number of alkyl halides is 3. The minimum absolute atomic E-state index is 0.105. The van der Waals surface area contributed by atoms with Crippen molar-refractivity contribution in [1.29, 1.82) is 0 Å². The molecule has 0 amide bonds. The number of hydrogen-bond donors (Lipinski definition) is 1. The summed E-state index contributed by atoms with van der Waals surface area (Å²) < 4.78 is 67.4. The Kier molecular flexibility index (Phi) is 7.38. The minimum atomic E-state index is -5.94. The van der Waals surface area contributed by atoms with Crippen molar-refractivity contribution in [1.82, 2.24) is 0 Å². The average Bonchev–Trinajstić information content (AvgIpc) is 2.88. The standard InChI is InChI=1S/C28H24F3NO4S/c29-28(30,31)37(35,36)32-25-16-8-7-15-23(25)27(34,19-9-14-21-10-3-1-4-11-21)24(20-33)26(32)18-17-22-12-5-2-6-13-22/h1-16,20,34H,17-19H2/b14-9+/t27-/m0/s1. The number of carbonyl (C=O) groups excluding carboxylic acids is 1. The normalized spacial score (nSPS) is 18.2. The highest BCUT2D eigenvalue weighted by Crippen LogP contribution is 2.49. The van der Waals surface area contributed by atoms with Crippen LogP contribution in [-0.2, 0) is 26.8 Å². The lowest BCUT2D eigenvalue weighted by molar-refractivity contribution is -0.107. The van der Waals surface area contributed by atoms with Gasteiger partial charge in [-0.15, -0.1) is 0 Å². The van der Waals surface area contributed by atoms with Crippen LogP contribution in [0.2, 0.25) is 0 Å². The predicted octanol–water partition coefficient (Wildman–Crippen LogP) is 5.73. The lowest BCUT2D eigenvalue weighted by Crippen LogP contribution is -2.47. The van der Waals surface area contributed by atoms with Crippen molar-refractivity contribution in [3.8, 4) is 0 Å². The van der Waals surface area contributed by atoms with Crippen molar-refractivity contribution in [2.75, 3.05) is 4.31 Å². The molecule has 37 heavy (non-hydrogen) atoms. The van der Waals surface area contributed by atoms with Crippen LogP contribution in [0.4, 0.5) is 18.9 Å². The second-order valence-corrected chi connectivity index (χ2v) is 10.4. The molecule has 0 radical (unpaired) electrons. The van der Waals surface area contributed by atoms with Gasteiger partial charge in [0.25, 0.3) is 0 Å². The highest BCUT2D eigenvalue weighted by atomic mass is 32.2. The number of benzene rings is 3. The van der Waals surface area contributed by atoms with E-state index in [4.69, 9.17) is 0 Å². The first-order valence-electron chi connectivity index (χ1n) is 11.5. The Morgan fingerprint density at radius 2 is 1.46 bits per heavy atom. The third-order valence-electron chi connectivity index (χ3n) is 6.24. The first-order chi connectivity index (χ1) is 17.6. The molecule has 0 spiro atoms. The summed E-state index contributed by atoms with van der Waals surface area (Å²) in [6, 6.07) is 23.3. The van der Waals surface area contributed by atoms with Crippen LogP contribution in [0.1, 0.15) is 29.5 Å². The van der Waals surface area contributed by atoms with Crippen LogP contribution in [0.25, 0.3) is 6.08 Å². The van der Waals surface area contributed by atoms with Gasteiger partial charge in [0.05, 0.1) is 5.69 Å². The summed E-state index contributed by atoms with van der Waals surface area (Å²) in [6.45, 7) is 0. The molecule has 0 aromatic heterocycles. The molecule has 5 nitrogen and oxygen atoms in total. The van der Waals surface area contributed by atoms with Gasteiger partial charge in [-0.25, -0.2) is 4.31 Å². The number of aryl methyl sites for hydroxylation is 1. The number of nitrogens with zero attached hydrogens (tertiary/aromatic N) is 1. The summed E-state index contributed by atoms with van der Waals surface area (Å²) in [5.74, 6) is 0. The van der Waals surface area contributed by atoms with Gasteiger partial charge >= 0.3 is 15.5 Å². The van der Waals surface area contributed by atoms with E-state index in [-0.39, 0.29) is 41.1 Å². The molecule has 0 saturated heterocycles. The average molecular weight is 528 g/mol. The number of aliphatic hydroxyl groups is 1. The zero-order chi connectivity index (χ0) is 26.7. The largest absolute Gasteiger partial charge is 0.517 e. The fourth-order valence-corrected chi connectivity index (χ4v) is 5.58. The van der Waals surface area contributed by atoms with Gasteiger partial charge in [0.15, 0.2) is 6.29 Å². The van der Waals surface area contributed by atoms with Gasteiger partial charge in [0, 0.05) is 23.3 Å². The maximum absolute atomic E-state index is 13.8. The molecule has 1 N–H and O–H groups in total. The number of rotatable bonds is 8. The van der Waals surface area contributed by atoms with E-state index in [9.17, 15) is 31.5 Å². The first kappa shape index (κ1) is 26.4. The molecule has 9 heteroatoms. The Morgan fingerprint density at radius 3 is 2.08 bits per heavy atom. The number of carbonyl (C=O) groups is 1. The van der Waals surface area contributed by atoms with Crippen LogP contribution < -0.4 is 4.31 Å². The van der Waals surface area contributed by atoms with Gasteiger partial charge in [0.2, 0.25) is 0 Å². The SMILES string of the molecule is O=CC1=C(CCc2ccccc2)N(S(=O)(=O)C(F)(F)F)c2ccccc2[C@@]1(O)C/C=C/c1ccccc1. The summed E-state index contributed by atoms with van der Waals surface area (Å²) in [7, 11) is -5.94. The van der Waals surface area contributed by atoms with Crippen LogP contribution >= 0.6 is 0 Å². The molecule has 3 aromatic carbocycles. The van der Waals surface area contributed by atoms with E-state index in [1.807, 2.05) is 30.3 Å². The summed E-state index contributed by atoms with van der Waals surface area (Å²) in [6.07, 6.45) is 3.33. The quantitative estimate of drug-likeness (QED) is 0.380. The van der Waals surface area contributed by atoms with Crippen molar-refractivity contribution >= 4 is 28.1 Å². The fourth-order valence-electron chi connectivity index (χ4n) is 4.48. The van der Waals surface area contributed by atoms with Gasteiger partial charge in [0.1, 0.15) is 5.60 Å². The summed E-state index contributed by atoms with van der Waals surface area (Å²) in [5.41, 5.74) is -7.41. The number of allylic oxidation sites excluding steroid dienone is 1. The van der Waals surface area contributed by atoms with Crippen molar-refractivity contribution in [2.45, 2.75) is 30.4 Å². The zero-order valence-electron chi connectivity index (χ0n) is 19.6. The molecule has 1 aliphatic heterocycles. The Hall–Kier alpha value is -3.69. The molecule has 192 valence electrons. The van der Waals surface area contributed by atoms with Crippen LogP contribution in [0, 0.1) is 0 Å². The van der Waals surface area contributed by atoms with Gasteiger partial charge in [-0.2, -0.15) is 21.6 Å². The number of anilines is 1. The molecule has 1 atom stereocenters. The van der Waals surface area contributed by atoms with E-state index in [2.05, 4.69) is 0 Å². The Morgan fingerprint density at radius 1 is 0.865 bits per heavy atom. The third kappa shape index (κ3) is 5.10. The molecule has 1 aliphatic rings. The number of sulfonamides is 1. The van der Waals surface area contributed by atoms with E-state index in [0.717, 1.165) is 11.1 Å². The highest BCUT2D eigenvalue weighted by Gasteiger charge is 2.55. The van der Waals surface area contributed by atoms with E-state index in [1.54, 1.807) is 42.5 Å². The highest BCUT2D eigenvalue weighted by molar-refractivity contribution is 7.93. The first-order valence-corrected chi connectivity index (χ1v) is 12.9. The molecule has 3 aromatic rings. The maximum atomic E-state index is 13.8. The summed E-state index contributed by atoms with van der Waals surface area (Å²) in [5, 5.41) is 11.9. The lowest BCUT2D eigenvalue weighted by Gasteiger charge is -2.41. The molecule has 0 aliphatic carbocycles. The zero-order valence-corrected chi connectivity index (χ0v) is 20.4. The second kappa shape index (κ2) is 10.4. The number of hydrogen-bond acceptors (Lipinski definition) is 4. The molecular formula is C28H24F3NO4S. The van der Waals surface area contributed by atoms with Gasteiger partial charge < -0.3 is 5.11 Å². The van der Waals surface area contributed by atoms with Crippen molar-refractivity contribution in [2.24, 2.45) is 0 Å². The molecule has 4 rings (SSSR count). The molecule has 1 heterocycles. The van der Waals surface area contributed by atoms with Crippen LogP contribution in [0.5, 0.6) is 0 Å². The van der Waals surface area contributed by atoms with E-state index < -0.39 is 32.4 Å². The molecule has 0 saturated carbocycles. The smallest absolute Gasteiger partial charge is 0.380 e. The fraction of sp³-hybridized carbons (Fsp3) is 0.179. The minimum Gasteiger partial charge on any atom is -0.380 e. The molecule has 0 bridgehead atoms. The van der Waals surface area contributed by atoms with Crippen LogP contribution in [-0.4, -0.2) is 25.3 Å². The molecular weight excluding hydrogens is 503 g/mol. The molecule has 0 unspecified atom stereocenters. The summed E-state index contributed by atoms with van der Waals surface area (Å²) in [4.78, 5) is 12.4. The second-order valence-electron chi connectivity index (χ2n) is 8.57. The number of aldehydes is 1. The monoisotopic (exact) mass is 527 g/mol. The Bertz CT molecular complexity index is 1440. The topological polar surface area (TPSA) is 74.7 Å². The van der Waals surface area contributed by atoms with Crippen molar-refractivity contribution in [3.05, 3.63) is 119 Å². The Labute approximate surface area is 213 Å². The van der Waals surface area contributed by atoms with E-state index in [1.165, 1.54) is 24.3 Å². The van der Waals surface area contributed by atoms with Crippen LogP contribution in [0.3, 0.4) is 0 Å². The molecule has 0 fully saturated rings. The number of para-hydroxylation sites is 1. The van der Waals surface area contributed by atoms with Crippen molar-refractivity contribution < 1.29 is 31.5 Å². The number of halogens is 3. The third-order valence-corrected chi connectivity index (χ3v) is 7.72. The lowest BCUT2D eigenvalue weighted by atomic mass is 9.78. The van der Waals surface area contributed by atoms with E-state index >= 15 is 0 Å². The van der Waals surface area contributed by atoms with Gasteiger partial charge in [-0.3, -0.25) is 4.79 Å². The van der Waals surface area contributed by atoms with Crippen LogP contribution in [0.15, 0.2) is 102 Å². The van der Waals surface area contributed by atoms with E-state index in [0.29, 0.717) is 0 Å². The predicted molar refractivity (Wildman–Crippen MR) is 136 cm³/mol. The van der Waals surface area contributed by atoms with Crippen molar-refractivity contribution in [3.63, 3.8) is 0 Å². The van der Waals surface area contributed by atoms with Gasteiger partial charge in [-0.1, -0.05) is 91.0 Å². The van der Waals surface area contributed by atoms with Gasteiger partial charge in [-0.05, 0) is 30.0 Å². The number of fused-ring (bicyclic) bond motifs is 1. The maximum Gasteiger partial charge on any atom is 0.517 e.